The van der Waals surface area contributed by atoms with Crippen molar-refractivity contribution in [2.75, 3.05) is 103 Å². The van der Waals surface area contributed by atoms with Crippen molar-refractivity contribution >= 4 is 112 Å². The van der Waals surface area contributed by atoms with E-state index in [1.165, 1.54) is 0 Å². The van der Waals surface area contributed by atoms with Crippen molar-refractivity contribution < 1.29 is 203 Å². The Labute approximate surface area is 606 Å². The van der Waals surface area contributed by atoms with Crippen LogP contribution in [-0.4, -0.2) is 284 Å². The Morgan fingerprint density at radius 3 is 1.15 bits per heavy atom. The third-order valence-corrected chi connectivity index (χ3v) is 15.7. The molecule has 6 heterocycles. The second-order valence-corrected chi connectivity index (χ2v) is 31.7. The molecule has 0 aromatic heterocycles. The van der Waals surface area contributed by atoms with E-state index in [0.717, 1.165) is 79.4 Å². The van der Waals surface area contributed by atoms with Gasteiger partial charge in [0.15, 0.2) is 7.75 Å². The summed E-state index contributed by atoms with van der Waals surface area (Å²) < 4.78 is 145. The van der Waals surface area contributed by atoms with E-state index in [9.17, 15) is 18.3 Å². The number of nitrogens with two attached hydrogens (primary N) is 1. The number of ether oxygens (including phenoxy) is 11. The third-order valence-electron chi connectivity index (χ3n) is 12.8. The fourth-order valence-corrected chi connectivity index (χ4v) is 10.6. The Hall–Kier alpha value is 2.28. The van der Waals surface area contributed by atoms with Crippen LogP contribution in [0.3, 0.4) is 0 Å². The number of rotatable bonds is 25. The van der Waals surface area contributed by atoms with E-state index in [1.807, 2.05) is 12.8 Å². The third kappa shape index (κ3) is 60.9. The molecule has 21 unspecified atom stereocenters. The smallest absolute Gasteiger partial charge is 0.780 e. The van der Waals surface area contributed by atoms with Crippen molar-refractivity contribution in [3.05, 3.63) is 19.8 Å². The molecule has 6 aliphatic rings. The van der Waals surface area contributed by atoms with E-state index in [1.54, 1.807) is 35.5 Å². The van der Waals surface area contributed by atoms with Crippen LogP contribution in [0.15, 0.2) is 0 Å². The van der Waals surface area contributed by atoms with Gasteiger partial charge in [0, 0.05) is 101 Å². The Morgan fingerprint density at radius 1 is 0.557 bits per heavy atom. The molecule has 12 N–H and O–H groups in total. The molecule has 0 aromatic rings. The van der Waals surface area contributed by atoms with Crippen LogP contribution >= 0.6 is 53.4 Å². The fourth-order valence-electron chi connectivity index (χ4n) is 9.09. The maximum atomic E-state index is 11.3. The van der Waals surface area contributed by atoms with Crippen LogP contribution in [0.5, 0.6) is 0 Å². The van der Waals surface area contributed by atoms with E-state index in [4.69, 9.17) is 172 Å². The van der Waals surface area contributed by atoms with E-state index >= 15 is 0 Å². The van der Waals surface area contributed by atoms with Crippen LogP contribution in [0.4, 0.5) is 0 Å². The summed E-state index contributed by atoms with van der Waals surface area (Å²) in [5.41, 5.74) is 3.91. The quantitative estimate of drug-likeness (QED) is 0.0258. The molecule has 0 aliphatic carbocycles. The summed E-state index contributed by atoms with van der Waals surface area (Å²) in [7, 11) is 19.8. The molecule has 6 saturated heterocycles. The summed E-state index contributed by atoms with van der Waals surface area (Å²) in [4.78, 5) is 106. The average molecular weight is 1630 g/mol. The van der Waals surface area contributed by atoms with Gasteiger partial charge >= 0.3 is 63.8 Å². The maximum absolute atomic E-state index is 11.3. The topological polar surface area (TPSA) is 557 Å². The van der Waals surface area contributed by atoms with Crippen molar-refractivity contribution in [3.63, 3.8) is 0 Å². The SMILES string of the molecule is COP(=O)(O)OCC(COP(=O)(O)OC)OP(=O)(O)OC.CP(=O)(O)O.NP(=O)([O-])O.O=P([O-])(O)O.[B]C1CC(CC2C([B])OC(CC)C2CC2CC([B])OC2COC)C(COC)O1.[B]C1C[CH-]C(COC)O1.[B]C1C[CH-]C(COC)O1.[B]C1OC([CH2-])CC1OC.[O-]P(O)(O)=S.[Y+3]. The van der Waals surface area contributed by atoms with Crippen molar-refractivity contribution in [3.8, 4) is 0 Å². The van der Waals surface area contributed by atoms with Gasteiger partial charge in [0.25, 0.3) is 7.82 Å². The van der Waals surface area contributed by atoms with E-state index in [0.29, 0.717) is 44.2 Å². The monoisotopic (exact) mass is 1630 g/mol. The summed E-state index contributed by atoms with van der Waals surface area (Å²) in [5, 5.41) is 0. The Kier molecular flexibility index (Phi) is 58.8. The first kappa shape index (κ1) is 106. The van der Waals surface area contributed by atoms with E-state index in [-0.39, 0.29) is 117 Å². The predicted molar refractivity (Wildman–Crippen MR) is 345 cm³/mol. The van der Waals surface area contributed by atoms with Gasteiger partial charge in [-0.3, -0.25) is 59.2 Å². The minimum atomic E-state index is -4.89. The maximum Gasteiger partial charge on any atom is 3.00 e. The number of methoxy groups -OCH3 is 5. The van der Waals surface area contributed by atoms with Gasteiger partial charge in [-0.1, -0.05) is 24.8 Å². The van der Waals surface area contributed by atoms with E-state index in [2.05, 4.69) is 58.3 Å². The number of phosphoric ester groups is 3. The number of phosphoric acid groups is 4. The molecule has 0 aromatic carbocycles. The molecular formula is C45H92B6NO36P7SY-3. The molecule has 97 heavy (non-hydrogen) atoms. The summed E-state index contributed by atoms with van der Waals surface area (Å²) in [5.74, 6) is 1.34. The van der Waals surface area contributed by atoms with E-state index < -0.39 is 72.7 Å². The average Bonchev–Trinajstić information content (AvgIpc) is 1.65. The van der Waals surface area contributed by atoms with Gasteiger partial charge < -0.3 is 123 Å². The van der Waals surface area contributed by atoms with Crippen LogP contribution in [-0.2, 0) is 151 Å². The molecule has 6 rings (SSSR count). The van der Waals surface area contributed by atoms with Gasteiger partial charge in [0.05, 0.1) is 50.8 Å². The first-order valence-electron chi connectivity index (χ1n) is 28.3. The molecule has 6 fully saturated rings. The molecule has 0 amide bonds. The van der Waals surface area contributed by atoms with Crippen LogP contribution in [0.2, 0.25) is 0 Å². The minimum absolute atomic E-state index is 0. The molecule has 37 nitrogen and oxygen atoms in total. The molecule has 0 saturated carbocycles. The van der Waals surface area contributed by atoms with Gasteiger partial charge in [-0.15, -0.1) is 0 Å². The summed E-state index contributed by atoms with van der Waals surface area (Å²) in [6.07, 6.45) is 10.1. The summed E-state index contributed by atoms with van der Waals surface area (Å²) in [6, 6.07) is -1.19. The summed E-state index contributed by atoms with van der Waals surface area (Å²) in [6.45, 7) is 3.51. The predicted octanol–water partition coefficient (Wildman–Crippen LogP) is -2.41. The molecule has 21 atom stereocenters. The largest absolute Gasteiger partial charge is 3.00 e. The van der Waals surface area contributed by atoms with Crippen molar-refractivity contribution in [1.82, 2.24) is 0 Å². The van der Waals surface area contributed by atoms with Crippen LogP contribution in [0.1, 0.15) is 58.3 Å². The number of hydrogen-bond donors (Lipinski definition) is 11. The number of hydrogen-bond acceptors (Lipinski definition) is 27. The van der Waals surface area contributed by atoms with Gasteiger partial charge in [0.2, 0.25) is 0 Å². The zero-order valence-corrected chi connectivity index (χ0v) is 65.3. The van der Waals surface area contributed by atoms with Crippen molar-refractivity contribution in [2.24, 2.45) is 29.2 Å². The Morgan fingerprint density at radius 2 is 0.897 bits per heavy atom. The zero-order valence-electron chi connectivity index (χ0n) is 55.4. The molecular weight excluding hydrogens is 1530 g/mol. The van der Waals surface area contributed by atoms with Gasteiger partial charge in [-0.05, 0) is 86.4 Å². The normalized spacial score (nSPS) is 31.7. The molecule has 6 aliphatic heterocycles. The van der Waals surface area contributed by atoms with Gasteiger partial charge in [-0.25, -0.2) is 13.7 Å². The molecule has 52 heteroatoms. The first-order valence-corrected chi connectivity index (χ1v) is 40.6. The van der Waals surface area contributed by atoms with Crippen molar-refractivity contribution in [2.45, 2.75) is 143 Å². The zero-order chi connectivity index (χ0) is 75.2. The van der Waals surface area contributed by atoms with Crippen LogP contribution < -0.4 is 20.2 Å². The second kappa shape index (κ2) is 54.0. The van der Waals surface area contributed by atoms with Crippen LogP contribution in [0.25, 0.3) is 0 Å². The van der Waals surface area contributed by atoms with Gasteiger partial charge in [-0.2, -0.15) is 12.8 Å². The fraction of sp³-hybridized carbons (Fsp3) is 0.933. The first-order chi connectivity index (χ1) is 43.8. The Balaban J connectivity index is -0.000000548. The molecule has 558 valence electrons. The van der Waals surface area contributed by atoms with Gasteiger partial charge in [0.1, 0.15) is 59.9 Å². The minimum Gasteiger partial charge on any atom is -0.780 e. The molecule has 0 bridgehead atoms. The van der Waals surface area contributed by atoms with Crippen LogP contribution in [0, 0.1) is 43.4 Å². The Bertz CT molecular complexity index is 2230. The molecule has 12 radical (unpaired) electrons. The summed E-state index contributed by atoms with van der Waals surface area (Å²) >= 11 is 3.49. The standard InChI is InChI=1S/C20H33B3O5.3C6H10BO2.C6H17O12P3.CH5O3P.H4NO3P.H3O4P.H3O3PS.Y/c1-4-15-13(5-11-7-18(21)26-16(11)9-24-2)14(20(23)28-15)6-12-8-19(22)27-17(12)10-25-3;1-4-3-5(8-2)6(7)9-4;2*1-8-4-5-2-3-6(7)9-5;1-13-19(7,8)16-4-6(18-21(11,12)15-3)5-17-20(9,10)14-2;3*1-5(2,3)4;1-4(2,3)5;/h11-20H,4-10H2,1-3H3;4-6H,1,3H2,2H3;2*2,5-6H,3-4H2,1H3;6H,4-5H2,1-3H3,(H,7,8)(H,9,10)(H,11,12);1H3,(H2,2,3,4);(H4,1,2,3,4);(H3,1,2,3,4);(H3,1,2,3,5);/q;3*-1;;;;;;+3/p-3. The molecule has 0 spiro atoms. The second-order valence-electron chi connectivity index (χ2n) is 20.8. The van der Waals surface area contributed by atoms with Crippen molar-refractivity contribution in [1.29, 1.82) is 0 Å².